The average Bonchev–Trinajstić information content (AvgIpc) is 3.08. The predicted molar refractivity (Wildman–Crippen MR) is 106 cm³/mol. The van der Waals surface area contributed by atoms with Crippen molar-refractivity contribution in [1.82, 2.24) is 0 Å². The first-order chi connectivity index (χ1) is 12.6. The first-order valence-corrected chi connectivity index (χ1v) is 9.22. The van der Waals surface area contributed by atoms with Gasteiger partial charge in [0.25, 0.3) is 5.91 Å². The van der Waals surface area contributed by atoms with Crippen LogP contribution in [0.4, 0.5) is 18.9 Å². The van der Waals surface area contributed by atoms with Gasteiger partial charge in [-0.15, -0.1) is 0 Å². The van der Waals surface area contributed by atoms with Crippen molar-refractivity contribution in [3.63, 3.8) is 0 Å². The molecule has 0 aliphatic heterocycles. The summed E-state index contributed by atoms with van der Waals surface area (Å²) in [6.07, 6.45) is -4.60. The number of furan rings is 1. The lowest BCUT2D eigenvalue weighted by atomic mass is 10.1. The minimum Gasteiger partial charge on any atom is -0.451 e. The van der Waals surface area contributed by atoms with E-state index in [9.17, 15) is 18.0 Å². The van der Waals surface area contributed by atoms with Crippen LogP contribution >= 0.6 is 45.8 Å². The van der Waals surface area contributed by atoms with Crippen molar-refractivity contribution < 1.29 is 22.4 Å². The fourth-order valence-electron chi connectivity index (χ4n) is 2.31. The summed E-state index contributed by atoms with van der Waals surface area (Å²) in [6, 6.07) is 11.3. The minimum atomic E-state index is -4.60. The molecular formula is C18H9Cl2F3INO2. The second-order valence-corrected chi connectivity index (χ2v) is 7.49. The highest BCUT2D eigenvalue weighted by molar-refractivity contribution is 14.1. The molecule has 9 heteroatoms. The van der Waals surface area contributed by atoms with E-state index >= 15 is 0 Å². The van der Waals surface area contributed by atoms with Crippen LogP contribution in [-0.4, -0.2) is 5.91 Å². The van der Waals surface area contributed by atoms with Crippen molar-refractivity contribution in [1.29, 1.82) is 0 Å². The van der Waals surface area contributed by atoms with E-state index < -0.39 is 17.6 Å². The normalized spacial score (nSPS) is 11.5. The van der Waals surface area contributed by atoms with Gasteiger partial charge in [-0.25, -0.2) is 0 Å². The van der Waals surface area contributed by atoms with Crippen LogP contribution < -0.4 is 5.32 Å². The summed E-state index contributed by atoms with van der Waals surface area (Å²) in [7, 11) is 0. The minimum absolute atomic E-state index is 0.136. The highest BCUT2D eigenvalue weighted by Crippen LogP contribution is 2.36. The van der Waals surface area contributed by atoms with Gasteiger partial charge in [-0.05, 0) is 71.1 Å². The molecule has 0 radical (unpaired) electrons. The zero-order valence-electron chi connectivity index (χ0n) is 13.2. The van der Waals surface area contributed by atoms with Crippen molar-refractivity contribution in [3.8, 4) is 11.3 Å². The maximum atomic E-state index is 13.2. The molecule has 0 fully saturated rings. The molecule has 1 N–H and O–H groups in total. The van der Waals surface area contributed by atoms with Crippen LogP contribution in [0.15, 0.2) is 52.9 Å². The maximum absolute atomic E-state index is 13.2. The zero-order valence-corrected chi connectivity index (χ0v) is 16.9. The Bertz CT molecular complexity index is 1020. The van der Waals surface area contributed by atoms with Gasteiger partial charge in [0.2, 0.25) is 0 Å². The summed E-state index contributed by atoms with van der Waals surface area (Å²) in [4.78, 5) is 12.3. The van der Waals surface area contributed by atoms with Gasteiger partial charge in [-0.1, -0.05) is 23.2 Å². The number of hydrogen-bond acceptors (Lipinski definition) is 2. The Kier molecular flexibility index (Phi) is 5.73. The van der Waals surface area contributed by atoms with E-state index in [-0.39, 0.29) is 11.4 Å². The number of carbonyl (C=O) groups excluding carboxylic acids is 1. The maximum Gasteiger partial charge on any atom is 0.418 e. The van der Waals surface area contributed by atoms with Gasteiger partial charge >= 0.3 is 6.18 Å². The number of halogens is 6. The Labute approximate surface area is 175 Å². The molecule has 1 amide bonds. The Morgan fingerprint density at radius 1 is 1.00 bits per heavy atom. The molecule has 3 aromatic rings. The second-order valence-electron chi connectivity index (χ2n) is 5.43. The zero-order chi connectivity index (χ0) is 19.8. The van der Waals surface area contributed by atoms with Crippen LogP contribution in [0.2, 0.25) is 10.0 Å². The molecule has 1 aromatic heterocycles. The molecule has 0 bridgehead atoms. The topological polar surface area (TPSA) is 42.2 Å². The van der Waals surface area contributed by atoms with Gasteiger partial charge in [0, 0.05) is 9.13 Å². The van der Waals surface area contributed by atoms with E-state index in [4.69, 9.17) is 27.6 Å². The number of rotatable bonds is 3. The number of anilines is 1. The molecule has 3 rings (SSSR count). The number of benzene rings is 2. The lowest BCUT2D eigenvalue weighted by molar-refractivity contribution is -0.137. The molecule has 0 aliphatic carbocycles. The van der Waals surface area contributed by atoms with Crippen LogP contribution in [0.1, 0.15) is 16.1 Å². The quantitative estimate of drug-likeness (QED) is 0.370. The van der Waals surface area contributed by atoms with Gasteiger partial charge in [0.05, 0.1) is 21.3 Å². The van der Waals surface area contributed by atoms with E-state index in [0.29, 0.717) is 24.9 Å². The highest BCUT2D eigenvalue weighted by Gasteiger charge is 2.34. The first-order valence-electron chi connectivity index (χ1n) is 7.38. The molecule has 3 nitrogen and oxygen atoms in total. The molecule has 1 heterocycles. The largest absolute Gasteiger partial charge is 0.451 e. The Balaban J connectivity index is 1.86. The Morgan fingerprint density at radius 2 is 1.74 bits per heavy atom. The molecule has 140 valence electrons. The van der Waals surface area contributed by atoms with Crippen molar-refractivity contribution >= 4 is 57.4 Å². The molecule has 2 aromatic carbocycles. The summed E-state index contributed by atoms with van der Waals surface area (Å²) in [5, 5.41) is 2.92. The third kappa shape index (κ3) is 4.59. The second kappa shape index (κ2) is 7.73. The van der Waals surface area contributed by atoms with Gasteiger partial charge in [-0.2, -0.15) is 13.2 Å². The molecule has 0 aliphatic rings. The van der Waals surface area contributed by atoms with Crippen LogP contribution in [0.3, 0.4) is 0 Å². The SMILES string of the molecule is O=C(Nc1ccc(I)cc1C(F)(F)F)c1ccc(-c2ccc(Cl)c(Cl)c2)o1. The van der Waals surface area contributed by atoms with Crippen LogP contribution in [0.25, 0.3) is 11.3 Å². The number of carbonyl (C=O) groups is 1. The van der Waals surface area contributed by atoms with Crippen molar-refractivity contribution in [2.24, 2.45) is 0 Å². The number of alkyl halides is 3. The first kappa shape index (κ1) is 20.0. The number of amides is 1. The van der Waals surface area contributed by atoms with E-state index in [2.05, 4.69) is 5.32 Å². The van der Waals surface area contributed by atoms with Crippen molar-refractivity contribution in [2.75, 3.05) is 5.32 Å². The smallest absolute Gasteiger partial charge is 0.418 e. The molecule has 0 saturated heterocycles. The summed E-state index contributed by atoms with van der Waals surface area (Å²) in [6.45, 7) is 0. The summed E-state index contributed by atoms with van der Waals surface area (Å²) >= 11 is 13.6. The van der Waals surface area contributed by atoms with Crippen LogP contribution in [0, 0.1) is 3.57 Å². The standard InChI is InChI=1S/C18H9Cl2F3INO2/c19-12-3-1-9(7-13(12)20)15-5-6-16(27-15)17(26)25-14-4-2-10(24)8-11(14)18(21,22)23/h1-8H,(H,25,26). The molecule has 0 spiro atoms. The summed E-state index contributed by atoms with van der Waals surface area (Å²) < 4.78 is 45.4. The van der Waals surface area contributed by atoms with Crippen LogP contribution in [0.5, 0.6) is 0 Å². The van der Waals surface area contributed by atoms with Gasteiger partial charge in [0.15, 0.2) is 5.76 Å². The lowest BCUT2D eigenvalue weighted by Crippen LogP contribution is -2.16. The third-order valence-corrected chi connectivity index (χ3v) is 4.98. The number of hydrogen-bond donors (Lipinski definition) is 1. The van der Waals surface area contributed by atoms with Crippen LogP contribution in [-0.2, 0) is 6.18 Å². The Hall–Kier alpha value is -1.71. The van der Waals surface area contributed by atoms with Gasteiger partial charge in [0.1, 0.15) is 5.76 Å². The van der Waals surface area contributed by atoms with Gasteiger partial charge < -0.3 is 9.73 Å². The fourth-order valence-corrected chi connectivity index (χ4v) is 3.10. The Morgan fingerprint density at radius 3 is 2.41 bits per heavy atom. The van der Waals surface area contributed by atoms with E-state index in [1.54, 1.807) is 40.8 Å². The van der Waals surface area contributed by atoms with Crippen molar-refractivity contribution in [3.05, 3.63) is 73.5 Å². The van der Waals surface area contributed by atoms with E-state index in [1.165, 1.54) is 24.3 Å². The molecule has 0 saturated carbocycles. The average molecular weight is 526 g/mol. The molecule has 0 unspecified atom stereocenters. The van der Waals surface area contributed by atoms with Gasteiger partial charge in [-0.3, -0.25) is 4.79 Å². The predicted octanol–water partition coefficient (Wildman–Crippen LogP) is 7.13. The molecular weight excluding hydrogens is 517 g/mol. The fraction of sp³-hybridized carbons (Fsp3) is 0.0556. The number of nitrogens with one attached hydrogen (secondary N) is 1. The monoisotopic (exact) mass is 525 g/mol. The molecule has 27 heavy (non-hydrogen) atoms. The summed E-state index contributed by atoms with van der Waals surface area (Å²) in [5.41, 5.74) is -0.701. The van der Waals surface area contributed by atoms with E-state index in [0.717, 1.165) is 6.07 Å². The summed E-state index contributed by atoms with van der Waals surface area (Å²) in [5.74, 6) is -0.604. The third-order valence-electron chi connectivity index (χ3n) is 3.57. The molecule has 0 atom stereocenters. The highest BCUT2D eigenvalue weighted by atomic mass is 127. The van der Waals surface area contributed by atoms with Crippen molar-refractivity contribution in [2.45, 2.75) is 6.18 Å². The lowest BCUT2D eigenvalue weighted by Gasteiger charge is -2.13. The van der Waals surface area contributed by atoms with E-state index in [1.807, 2.05) is 0 Å².